The van der Waals surface area contributed by atoms with Crippen molar-refractivity contribution in [2.75, 3.05) is 18.0 Å². The van der Waals surface area contributed by atoms with E-state index in [-0.39, 0.29) is 0 Å². The third kappa shape index (κ3) is 2.28. The van der Waals surface area contributed by atoms with Crippen molar-refractivity contribution in [3.8, 4) is 0 Å². The zero-order valence-corrected chi connectivity index (χ0v) is 9.70. The molecule has 0 aromatic heterocycles. The summed E-state index contributed by atoms with van der Waals surface area (Å²) in [6, 6.07) is 8.78. The maximum absolute atomic E-state index is 5.94. The van der Waals surface area contributed by atoms with Gasteiger partial charge < -0.3 is 10.6 Å². The van der Waals surface area contributed by atoms with Crippen LogP contribution in [-0.4, -0.2) is 19.1 Å². The quantitative estimate of drug-likeness (QED) is 0.834. The zero-order valence-electron chi connectivity index (χ0n) is 8.12. The van der Waals surface area contributed by atoms with Crippen LogP contribution in [0.5, 0.6) is 0 Å². The lowest BCUT2D eigenvalue weighted by molar-refractivity contribution is 0.506. The van der Waals surface area contributed by atoms with E-state index in [9.17, 15) is 0 Å². The molecular weight excluding hydrogens is 240 g/mol. The average Bonchev–Trinajstić information content (AvgIpc) is 2.19. The average molecular weight is 255 g/mol. The molecule has 0 bridgehead atoms. The van der Waals surface area contributed by atoms with Gasteiger partial charge in [0.2, 0.25) is 0 Å². The Morgan fingerprint density at radius 1 is 1.29 bits per heavy atom. The van der Waals surface area contributed by atoms with Gasteiger partial charge in [0.25, 0.3) is 0 Å². The molecule has 1 aliphatic heterocycles. The number of piperidine rings is 1. The minimum atomic E-state index is 0.340. The highest BCUT2D eigenvalue weighted by atomic mass is 79.9. The number of halogens is 1. The second-order valence-electron chi connectivity index (χ2n) is 3.82. The molecule has 1 aromatic rings. The van der Waals surface area contributed by atoms with Crippen molar-refractivity contribution < 1.29 is 0 Å². The van der Waals surface area contributed by atoms with E-state index in [4.69, 9.17) is 5.73 Å². The maximum atomic E-state index is 5.94. The molecule has 2 rings (SSSR count). The molecule has 14 heavy (non-hydrogen) atoms. The summed E-state index contributed by atoms with van der Waals surface area (Å²) in [6.45, 7) is 2.12. The number of rotatable bonds is 1. The molecule has 0 radical (unpaired) electrons. The summed E-state index contributed by atoms with van der Waals surface area (Å²) < 4.78 is 1.13. The highest BCUT2D eigenvalue weighted by molar-refractivity contribution is 9.10. The molecule has 2 nitrogen and oxygen atoms in total. The summed E-state index contributed by atoms with van der Waals surface area (Å²) in [5.41, 5.74) is 7.22. The van der Waals surface area contributed by atoms with E-state index in [0.29, 0.717) is 6.04 Å². The van der Waals surface area contributed by atoms with Crippen LogP contribution in [0.1, 0.15) is 12.8 Å². The van der Waals surface area contributed by atoms with Gasteiger partial charge in [-0.15, -0.1) is 0 Å². The highest BCUT2D eigenvalue weighted by Crippen LogP contribution is 2.21. The van der Waals surface area contributed by atoms with E-state index >= 15 is 0 Å². The normalized spacial score (nSPS) is 22.4. The monoisotopic (exact) mass is 254 g/mol. The number of anilines is 1. The van der Waals surface area contributed by atoms with E-state index in [1.54, 1.807) is 0 Å². The molecule has 0 saturated carbocycles. The van der Waals surface area contributed by atoms with Crippen molar-refractivity contribution in [3.63, 3.8) is 0 Å². The number of nitrogens with zero attached hydrogens (tertiary/aromatic N) is 1. The molecule has 1 fully saturated rings. The molecule has 1 atom stereocenters. The van der Waals surface area contributed by atoms with Gasteiger partial charge in [-0.3, -0.25) is 0 Å². The van der Waals surface area contributed by atoms with Crippen LogP contribution in [0.3, 0.4) is 0 Å². The van der Waals surface area contributed by atoms with E-state index < -0.39 is 0 Å². The Balaban J connectivity index is 2.10. The summed E-state index contributed by atoms with van der Waals surface area (Å²) in [4.78, 5) is 2.36. The van der Waals surface area contributed by atoms with Crippen molar-refractivity contribution in [2.45, 2.75) is 18.9 Å². The topological polar surface area (TPSA) is 29.3 Å². The van der Waals surface area contributed by atoms with Crippen molar-refractivity contribution in [1.29, 1.82) is 0 Å². The van der Waals surface area contributed by atoms with Crippen LogP contribution in [0.4, 0.5) is 5.69 Å². The Morgan fingerprint density at radius 2 is 2.00 bits per heavy atom. The van der Waals surface area contributed by atoms with Gasteiger partial charge >= 0.3 is 0 Å². The summed E-state index contributed by atoms with van der Waals surface area (Å²) in [6.07, 6.45) is 2.37. The molecule has 3 heteroatoms. The second kappa shape index (κ2) is 4.32. The van der Waals surface area contributed by atoms with E-state index in [1.165, 1.54) is 12.1 Å². The smallest absolute Gasteiger partial charge is 0.0367 e. The van der Waals surface area contributed by atoms with E-state index in [2.05, 4.69) is 45.1 Å². The van der Waals surface area contributed by atoms with Crippen molar-refractivity contribution in [3.05, 3.63) is 28.7 Å². The van der Waals surface area contributed by atoms with Crippen LogP contribution in [0, 0.1) is 0 Å². The molecule has 0 spiro atoms. The second-order valence-corrected chi connectivity index (χ2v) is 4.74. The lowest BCUT2D eigenvalue weighted by Gasteiger charge is -2.32. The van der Waals surface area contributed by atoms with Gasteiger partial charge in [-0.25, -0.2) is 0 Å². The Bertz CT molecular complexity index is 297. The predicted octanol–water partition coefficient (Wildman–Crippen LogP) is 2.38. The first-order valence-corrected chi connectivity index (χ1v) is 5.81. The maximum Gasteiger partial charge on any atom is 0.0367 e. The largest absolute Gasteiger partial charge is 0.370 e. The van der Waals surface area contributed by atoms with E-state index in [1.807, 2.05) is 0 Å². The van der Waals surface area contributed by atoms with Gasteiger partial charge in [-0.1, -0.05) is 15.9 Å². The molecule has 1 aliphatic rings. The third-order valence-corrected chi connectivity index (χ3v) is 3.18. The van der Waals surface area contributed by atoms with Crippen LogP contribution in [0.2, 0.25) is 0 Å². The number of nitrogens with two attached hydrogens (primary N) is 1. The first kappa shape index (κ1) is 9.99. The highest BCUT2D eigenvalue weighted by Gasteiger charge is 2.16. The molecule has 1 aromatic carbocycles. The lowest BCUT2D eigenvalue weighted by Crippen LogP contribution is -2.42. The molecular formula is C11H15BrN2. The SMILES string of the molecule is N[C@H]1CCCN(c2ccc(Br)cc2)C1. The first-order chi connectivity index (χ1) is 6.75. The number of hydrogen-bond donors (Lipinski definition) is 1. The molecule has 0 aliphatic carbocycles. The number of benzene rings is 1. The fourth-order valence-electron chi connectivity index (χ4n) is 1.90. The predicted molar refractivity (Wildman–Crippen MR) is 63.6 cm³/mol. The van der Waals surface area contributed by atoms with Gasteiger partial charge in [0.1, 0.15) is 0 Å². The summed E-state index contributed by atoms with van der Waals surface area (Å²) >= 11 is 3.44. The van der Waals surface area contributed by atoms with Crippen LogP contribution in [0.25, 0.3) is 0 Å². The standard InChI is InChI=1S/C11H15BrN2/c12-9-3-5-11(6-4-9)14-7-1-2-10(13)8-14/h3-6,10H,1-2,7-8,13H2/t10-/m0/s1. The van der Waals surface area contributed by atoms with Crippen LogP contribution in [0.15, 0.2) is 28.7 Å². The summed E-state index contributed by atoms with van der Waals surface area (Å²) in [7, 11) is 0. The zero-order chi connectivity index (χ0) is 9.97. The Labute approximate surface area is 93.2 Å². The van der Waals surface area contributed by atoms with Crippen molar-refractivity contribution in [1.82, 2.24) is 0 Å². The molecule has 2 N–H and O–H groups in total. The van der Waals surface area contributed by atoms with Crippen LogP contribution < -0.4 is 10.6 Å². The third-order valence-electron chi connectivity index (χ3n) is 2.65. The Morgan fingerprint density at radius 3 is 2.64 bits per heavy atom. The lowest BCUT2D eigenvalue weighted by atomic mass is 10.1. The minimum Gasteiger partial charge on any atom is -0.370 e. The fourth-order valence-corrected chi connectivity index (χ4v) is 2.16. The minimum absolute atomic E-state index is 0.340. The molecule has 0 unspecified atom stereocenters. The summed E-state index contributed by atoms with van der Waals surface area (Å²) in [5, 5.41) is 0. The fraction of sp³-hybridized carbons (Fsp3) is 0.455. The number of hydrogen-bond acceptors (Lipinski definition) is 2. The Hall–Kier alpha value is -0.540. The van der Waals surface area contributed by atoms with Crippen molar-refractivity contribution in [2.24, 2.45) is 5.73 Å². The van der Waals surface area contributed by atoms with Gasteiger partial charge in [0.15, 0.2) is 0 Å². The molecule has 0 amide bonds. The van der Waals surface area contributed by atoms with E-state index in [0.717, 1.165) is 24.0 Å². The molecule has 76 valence electrons. The molecule has 1 heterocycles. The summed E-state index contributed by atoms with van der Waals surface area (Å²) in [5.74, 6) is 0. The van der Waals surface area contributed by atoms with Gasteiger partial charge in [-0.2, -0.15) is 0 Å². The first-order valence-electron chi connectivity index (χ1n) is 5.02. The Kier molecular flexibility index (Phi) is 3.08. The van der Waals surface area contributed by atoms with Crippen molar-refractivity contribution >= 4 is 21.6 Å². The van der Waals surface area contributed by atoms with Gasteiger partial charge in [-0.05, 0) is 37.1 Å². The van der Waals surface area contributed by atoms with Crippen LogP contribution in [-0.2, 0) is 0 Å². The van der Waals surface area contributed by atoms with Gasteiger partial charge in [0, 0.05) is 29.3 Å². The van der Waals surface area contributed by atoms with Gasteiger partial charge in [0.05, 0.1) is 0 Å². The molecule has 1 saturated heterocycles. The van der Waals surface area contributed by atoms with Crippen LogP contribution >= 0.6 is 15.9 Å².